The molecule has 24 heavy (non-hydrogen) atoms. The van der Waals surface area contributed by atoms with Gasteiger partial charge in [0.2, 0.25) is 5.95 Å². The van der Waals surface area contributed by atoms with Gasteiger partial charge in [0.1, 0.15) is 5.71 Å². The fraction of sp³-hybridized carbons (Fsp3) is 0.611. The molecular formula is C18H25FN4O. The summed E-state index contributed by atoms with van der Waals surface area (Å²) < 4.78 is 13.3. The van der Waals surface area contributed by atoms with Crippen LogP contribution in [0.15, 0.2) is 23.3 Å². The Labute approximate surface area is 143 Å². The van der Waals surface area contributed by atoms with Gasteiger partial charge in [-0.2, -0.15) is 16.0 Å². The van der Waals surface area contributed by atoms with E-state index in [1.807, 2.05) is 27.7 Å². The Kier molecular flexibility index (Phi) is 5.36. The van der Waals surface area contributed by atoms with E-state index in [0.29, 0.717) is 30.2 Å². The van der Waals surface area contributed by atoms with Crippen molar-refractivity contribution < 1.29 is 9.60 Å². The van der Waals surface area contributed by atoms with Crippen LogP contribution in [-0.2, 0) is 6.42 Å². The van der Waals surface area contributed by atoms with Gasteiger partial charge in [0.15, 0.2) is 0 Å². The summed E-state index contributed by atoms with van der Waals surface area (Å²) >= 11 is 0. The summed E-state index contributed by atoms with van der Waals surface area (Å²) in [5, 5.41) is 15.8. The molecule has 1 saturated heterocycles. The van der Waals surface area contributed by atoms with Crippen LogP contribution in [0.4, 0.5) is 4.39 Å². The molecule has 0 aliphatic carbocycles. The Morgan fingerprint density at radius 3 is 2.54 bits per heavy atom. The SMILES string of the molecule is [C-]#[N+]/N=C(\Cc1cccc(F)n1)CC1CC(C)(C)N(O)C(C)(C)C1. The Morgan fingerprint density at radius 1 is 1.38 bits per heavy atom. The van der Waals surface area contributed by atoms with E-state index in [1.165, 1.54) is 11.1 Å². The van der Waals surface area contributed by atoms with E-state index in [9.17, 15) is 9.60 Å². The number of nitrogens with zero attached hydrogens (tertiary/aromatic N) is 4. The molecule has 0 atom stereocenters. The summed E-state index contributed by atoms with van der Waals surface area (Å²) in [6.07, 6.45) is 2.64. The summed E-state index contributed by atoms with van der Waals surface area (Å²) in [5.74, 6) is -0.224. The molecule has 0 radical (unpaired) electrons. The Hall–Kier alpha value is -1.84. The van der Waals surface area contributed by atoms with Crippen LogP contribution in [0.3, 0.4) is 0 Å². The molecule has 6 heteroatoms. The highest BCUT2D eigenvalue weighted by atomic mass is 19.1. The summed E-state index contributed by atoms with van der Waals surface area (Å²) in [7, 11) is 0. The van der Waals surface area contributed by atoms with E-state index in [2.05, 4.69) is 15.0 Å². The summed E-state index contributed by atoms with van der Waals surface area (Å²) in [4.78, 5) is 7.02. The first-order chi connectivity index (χ1) is 11.1. The van der Waals surface area contributed by atoms with Crippen LogP contribution >= 0.6 is 0 Å². The molecule has 0 unspecified atom stereocenters. The van der Waals surface area contributed by atoms with Crippen LogP contribution in [0.2, 0.25) is 0 Å². The molecule has 0 bridgehead atoms. The standard InChI is InChI=1S/C18H25FN4O/c1-17(2)11-13(12-18(3,4)23(17)24)9-15(22-20-5)10-14-7-6-8-16(19)21-14/h6-8,13,24H,9-12H2,1-4H3/b22-15-. The highest BCUT2D eigenvalue weighted by molar-refractivity contribution is 5.86. The number of pyridine rings is 1. The van der Waals surface area contributed by atoms with Crippen LogP contribution in [0.25, 0.3) is 4.95 Å². The van der Waals surface area contributed by atoms with Crippen molar-refractivity contribution >= 4 is 5.71 Å². The average molecular weight is 332 g/mol. The molecule has 1 fully saturated rings. The van der Waals surface area contributed by atoms with E-state index >= 15 is 0 Å². The number of hydroxylamine groups is 2. The average Bonchev–Trinajstić information content (AvgIpc) is 2.44. The van der Waals surface area contributed by atoms with Crippen molar-refractivity contribution in [3.63, 3.8) is 0 Å². The zero-order chi connectivity index (χ0) is 18.0. The van der Waals surface area contributed by atoms with Crippen molar-refractivity contribution in [1.29, 1.82) is 0 Å². The second kappa shape index (κ2) is 6.96. The molecule has 1 N–H and O–H groups in total. The third-order valence-electron chi connectivity index (χ3n) is 4.60. The molecule has 0 aromatic carbocycles. The minimum atomic E-state index is -0.523. The summed E-state index contributed by atoms with van der Waals surface area (Å²) in [6.45, 7) is 15.1. The minimum absolute atomic E-state index is 0.299. The first-order valence-electron chi connectivity index (χ1n) is 8.17. The Morgan fingerprint density at radius 2 is 2.00 bits per heavy atom. The van der Waals surface area contributed by atoms with E-state index < -0.39 is 5.95 Å². The molecule has 1 aliphatic heterocycles. The molecule has 1 aromatic heterocycles. The monoisotopic (exact) mass is 332 g/mol. The first-order valence-corrected chi connectivity index (χ1v) is 8.17. The molecule has 2 rings (SSSR count). The zero-order valence-corrected chi connectivity index (χ0v) is 14.8. The smallest absolute Gasteiger partial charge is 0.213 e. The van der Waals surface area contributed by atoms with Gasteiger partial charge in [-0.3, -0.25) is 0 Å². The lowest BCUT2D eigenvalue weighted by Crippen LogP contribution is -2.59. The predicted octanol–water partition coefficient (Wildman–Crippen LogP) is 4.09. The van der Waals surface area contributed by atoms with Crippen LogP contribution in [-0.4, -0.2) is 32.0 Å². The molecular weight excluding hydrogens is 307 g/mol. The molecule has 2 heterocycles. The van der Waals surface area contributed by atoms with Gasteiger partial charge in [0.05, 0.1) is 5.10 Å². The molecule has 0 saturated carbocycles. The number of piperidine rings is 1. The minimum Gasteiger partial charge on any atom is -0.313 e. The van der Waals surface area contributed by atoms with E-state index in [4.69, 9.17) is 6.57 Å². The summed E-state index contributed by atoms with van der Waals surface area (Å²) in [5.41, 5.74) is 0.612. The summed E-state index contributed by atoms with van der Waals surface area (Å²) in [6, 6.07) is 4.66. The van der Waals surface area contributed by atoms with E-state index in [0.717, 1.165) is 12.8 Å². The van der Waals surface area contributed by atoms with Crippen LogP contribution < -0.4 is 0 Å². The van der Waals surface area contributed by atoms with Crippen molar-refractivity contribution in [3.8, 4) is 0 Å². The van der Waals surface area contributed by atoms with Gasteiger partial charge in [0.25, 0.3) is 0 Å². The number of rotatable bonds is 4. The topological polar surface area (TPSA) is 53.1 Å². The Bertz CT molecular complexity index is 645. The second-order valence-electron chi connectivity index (χ2n) is 7.81. The van der Waals surface area contributed by atoms with Crippen molar-refractivity contribution in [2.75, 3.05) is 0 Å². The number of hydrogen-bond donors (Lipinski definition) is 1. The van der Waals surface area contributed by atoms with Crippen molar-refractivity contribution in [1.82, 2.24) is 10.0 Å². The van der Waals surface area contributed by atoms with Gasteiger partial charge >= 0.3 is 0 Å². The van der Waals surface area contributed by atoms with Gasteiger partial charge in [-0.1, -0.05) is 6.07 Å². The third kappa shape index (κ3) is 4.37. The largest absolute Gasteiger partial charge is 0.313 e. The third-order valence-corrected chi connectivity index (χ3v) is 4.60. The highest BCUT2D eigenvalue weighted by Gasteiger charge is 2.45. The normalized spacial score (nSPS) is 21.5. The molecule has 5 nitrogen and oxygen atoms in total. The van der Waals surface area contributed by atoms with Crippen molar-refractivity contribution in [2.45, 2.75) is 64.5 Å². The maximum Gasteiger partial charge on any atom is 0.213 e. The molecule has 0 spiro atoms. The second-order valence-corrected chi connectivity index (χ2v) is 7.81. The highest BCUT2D eigenvalue weighted by Crippen LogP contribution is 2.41. The molecule has 0 amide bonds. The van der Waals surface area contributed by atoms with Gasteiger partial charge in [-0.25, -0.2) is 4.98 Å². The van der Waals surface area contributed by atoms with Gasteiger partial charge < -0.3 is 5.21 Å². The first kappa shape index (κ1) is 18.5. The quantitative estimate of drug-likeness (QED) is 0.391. The number of hydrogen-bond acceptors (Lipinski definition) is 4. The number of halogens is 1. The van der Waals surface area contributed by atoms with Gasteiger partial charge in [-0.05, 0) is 65.0 Å². The van der Waals surface area contributed by atoms with Gasteiger partial charge in [0, 0.05) is 23.2 Å². The lowest BCUT2D eigenvalue weighted by Gasteiger charge is -2.51. The lowest BCUT2D eigenvalue weighted by molar-refractivity contribution is -0.250. The fourth-order valence-electron chi connectivity index (χ4n) is 3.93. The van der Waals surface area contributed by atoms with Crippen molar-refractivity contribution in [2.24, 2.45) is 11.0 Å². The van der Waals surface area contributed by atoms with Crippen molar-refractivity contribution in [3.05, 3.63) is 41.4 Å². The van der Waals surface area contributed by atoms with Crippen LogP contribution in [0, 0.1) is 18.4 Å². The van der Waals surface area contributed by atoms with E-state index in [-0.39, 0.29) is 11.1 Å². The lowest BCUT2D eigenvalue weighted by atomic mass is 9.73. The van der Waals surface area contributed by atoms with Crippen LogP contribution in [0.5, 0.6) is 0 Å². The molecule has 1 aliphatic rings. The van der Waals surface area contributed by atoms with Crippen LogP contribution in [0.1, 0.15) is 52.7 Å². The fourth-order valence-corrected chi connectivity index (χ4v) is 3.93. The molecule has 130 valence electrons. The molecule has 1 aromatic rings. The number of aromatic nitrogens is 1. The Balaban J connectivity index is 2.14. The van der Waals surface area contributed by atoms with E-state index in [1.54, 1.807) is 12.1 Å². The maximum absolute atomic E-state index is 13.3. The predicted molar refractivity (Wildman–Crippen MR) is 91.1 cm³/mol. The maximum atomic E-state index is 13.3. The zero-order valence-electron chi connectivity index (χ0n) is 14.8. The van der Waals surface area contributed by atoms with Gasteiger partial charge in [-0.15, -0.1) is 4.95 Å².